The van der Waals surface area contributed by atoms with Crippen LogP contribution in [-0.2, 0) is 29.1 Å². The first-order valence-electron chi connectivity index (χ1n) is 19.5. The molecule has 3 aliphatic rings. The van der Waals surface area contributed by atoms with Gasteiger partial charge >= 0.3 is 6.09 Å². The van der Waals surface area contributed by atoms with E-state index in [0.29, 0.717) is 37.0 Å². The molecule has 3 fully saturated rings. The van der Waals surface area contributed by atoms with E-state index in [-0.39, 0.29) is 37.1 Å². The van der Waals surface area contributed by atoms with Crippen LogP contribution in [0.3, 0.4) is 0 Å². The number of aromatic nitrogens is 1. The maximum Gasteiger partial charge on any atom is 0.408 e. The Morgan fingerprint density at radius 2 is 1.80 bits per heavy atom. The molecule has 14 nitrogen and oxygen atoms in total. The lowest BCUT2D eigenvalue weighted by Crippen LogP contribution is -2.59. The van der Waals surface area contributed by atoms with E-state index in [0.717, 1.165) is 18.2 Å². The fourth-order valence-electron chi connectivity index (χ4n) is 7.41. The Labute approximate surface area is 330 Å². The number of carbonyl (C=O) groups is 4. The van der Waals surface area contributed by atoms with Crippen LogP contribution in [-0.4, -0.2) is 89.8 Å². The van der Waals surface area contributed by atoms with Crippen molar-refractivity contribution in [3.05, 3.63) is 55.8 Å². The molecule has 1 aliphatic heterocycles. The fourth-order valence-corrected chi connectivity index (χ4v) is 8.77. The van der Waals surface area contributed by atoms with Gasteiger partial charge in [-0.3, -0.25) is 19.1 Å². The minimum absolute atomic E-state index is 0.0148. The Hall–Kier alpha value is -4.66. The molecule has 1 unspecified atom stereocenters. The molecule has 3 N–H and O–H groups in total. The number of nitrogens with zero attached hydrogens (tertiary/aromatic N) is 2. The van der Waals surface area contributed by atoms with E-state index in [1.807, 2.05) is 44.2 Å². The summed E-state index contributed by atoms with van der Waals surface area (Å²) in [6, 6.07) is 5.21. The van der Waals surface area contributed by atoms with E-state index < -0.39 is 74.3 Å². The van der Waals surface area contributed by atoms with Gasteiger partial charge in [0.05, 0.1) is 24.6 Å². The van der Waals surface area contributed by atoms with E-state index in [1.54, 1.807) is 27.0 Å². The summed E-state index contributed by atoms with van der Waals surface area (Å²) in [6.07, 6.45) is 6.66. The Morgan fingerprint density at radius 1 is 1.11 bits per heavy atom. The highest BCUT2D eigenvalue weighted by Gasteiger charge is 2.62. The smallest absolute Gasteiger partial charge is 0.408 e. The molecule has 0 spiro atoms. The predicted octanol–water partition coefficient (Wildman–Crippen LogP) is 5.17. The van der Waals surface area contributed by atoms with Gasteiger partial charge in [0, 0.05) is 23.1 Å². The number of nitrogens with one attached hydrogen (secondary N) is 3. The second-order valence-corrected chi connectivity index (χ2v) is 18.3. The number of allylic oxidation sites excluding steroid dienone is 1. The number of likely N-dealkylation sites (tertiary alicyclic amines) is 1. The lowest BCUT2D eigenvalue weighted by molar-refractivity contribution is -0.142. The van der Waals surface area contributed by atoms with Crippen LogP contribution in [0.15, 0.2) is 55.8 Å². The van der Waals surface area contributed by atoms with Crippen LogP contribution in [0.2, 0.25) is 0 Å². The van der Waals surface area contributed by atoms with Gasteiger partial charge in [-0.15, -0.1) is 13.2 Å². The van der Waals surface area contributed by atoms with Gasteiger partial charge in [-0.1, -0.05) is 44.2 Å². The minimum Gasteiger partial charge on any atom is -0.492 e. The molecule has 7 atom stereocenters. The number of ether oxygens (including phenoxy) is 3. The minimum atomic E-state index is -3.91. The predicted molar refractivity (Wildman–Crippen MR) is 212 cm³/mol. The summed E-state index contributed by atoms with van der Waals surface area (Å²) in [5.74, 6) is -1.90. The third-order valence-corrected chi connectivity index (χ3v) is 12.4. The van der Waals surface area contributed by atoms with Crippen LogP contribution in [0, 0.1) is 17.8 Å². The van der Waals surface area contributed by atoms with Gasteiger partial charge in [-0.25, -0.2) is 18.2 Å². The topological polar surface area (TPSA) is 182 Å². The lowest BCUT2D eigenvalue weighted by atomic mass is 9.88. The number of alkyl carbamates (subject to hydrolysis) is 1. The average Bonchev–Trinajstić information content (AvgIpc) is 4.06. The van der Waals surface area contributed by atoms with Crippen LogP contribution in [0.4, 0.5) is 4.79 Å². The summed E-state index contributed by atoms with van der Waals surface area (Å²) in [5.41, 5.74) is -2.40. The molecular weight excluding hydrogens is 739 g/mol. The Morgan fingerprint density at radius 3 is 2.41 bits per heavy atom. The van der Waals surface area contributed by atoms with E-state index in [4.69, 9.17) is 14.2 Å². The van der Waals surface area contributed by atoms with Gasteiger partial charge in [0.15, 0.2) is 0 Å². The molecule has 1 aromatic carbocycles. The zero-order chi connectivity index (χ0) is 41.0. The molecule has 0 bridgehead atoms. The Bertz CT molecular complexity index is 1930. The monoisotopic (exact) mass is 795 g/mol. The van der Waals surface area contributed by atoms with Crippen LogP contribution in [0.1, 0.15) is 86.5 Å². The molecule has 306 valence electrons. The lowest BCUT2D eigenvalue weighted by Gasteiger charge is -2.33. The third kappa shape index (κ3) is 10.0. The average molecular weight is 796 g/mol. The fraction of sp³-hybridized carbons (Fsp3) is 0.585. The standard InChI is InChI=1S/C41H57N5O9S/c1-9-12-15-25(4)20-26(5)34(43-39(50)55-40(6,7)8)37(48)46-24-28(54-36-31-17-14-13-16-30(31)33(23-42-36)53-11-3)21-32(46)35(47)44-41(22-27(41)10-2)38(49)45-56(51,52)29-18-19-29/h9-10,13-14,16-17,23,25-29,32,34H,1-2,11-12,15,18-22,24H2,3-8H3,(H,43,50)(H,44,47)(H,45,49)/t25?,26-,27-,28-,32+,34+,41-/m1/s1. The molecule has 2 saturated carbocycles. The Kier molecular flexibility index (Phi) is 13.1. The van der Waals surface area contributed by atoms with Crippen molar-refractivity contribution in [2.45, 2.75) is 121 Å². The van der Waals surface area contributed by atoms with Gasteiger partial charge in [0.25, 0.3) is 5.91 Å². The summed E-state index contributed by atoms with van der Waals surface area (Å²) in [6.45, 7) is 19.0. The first kappa shape index (κ1) is 42.5. The first-order valence-corrected chi connectivity index (χ1v) is 21.1. The van der Waals surface area contributed by atoms with Crippen LogP contribution in [0.25, 0.3) is 10.8 Å². The summed E-state index contributed by atoms with van der Waals surface area (Å²) in [5, 5.41) is 6.42. The number of pyridine rings is 1. The molecule has 15 heteroatoms. The van der Waals surface area contributed by atoms with Crippen LogP contribution < -0.4 is 24.8 Å². The van der Waals surface area contributed by atoms with Crippen molar-refractivity contribution in [3.8, 4) is 11.6 Å². The second kappa shape index (κ2) is 17.2. The quantitative estimate of drug-likeness (QED) is 0.170. The molecule has 2 aliphatic carbocycles. The molecule has 1 saturated heterocycles. The van der Waals surface area contributed by atoms with Crippen molar-refractivity contribution in [1.82, 2.24) is 25.2 Å². The van der Waals surface area contributed by atoms with Crippen molar-refractivity contribution in [1.29, 1.82) is 0 Å². The number of sulfonamides is 1. The molecule has 2 heterocycles. The number of fused-ring (bicyclic) bond motifs is 1. The van der Waals surface area contributed by atoms with Crippen molar-refractivity contribution < 1.29 is 41.8 Å². The summed E-state index contributed by atoms with van der Waals surface area (Å²) in [7, 11) is -3.91. The highest BCUT2D eigenvalue weighted by Crippen LogP contribution is 2.45. The normalized spacial score (nSPS) is 23.6. The maximum atomic E-state index is 14.8. The van der Waals surface area contributed by atoms with Crippen LogP contribution in [0.5, 0.6) is 11.6 Å². The SMILES string of the molecule is C=CCCC(C)C[C@@H](C)[C@H](NC(=O)OC(C)(C)C)C(=O)N1C[C@H](Oc2ncc(OCC)c3ccccc23)C[C@H]1C(=O)N[C@]1(C(=O)NS(=O)(=O)C2CC2)C[C@H]1C=C. The summed E-state index contributed by atoms with van der Waals surface area (Å²) >= 11 is 0. The number of carbonyl (C=O) groups excluding carboxylic acids is 4. The van der Waals surface area contributed by atoms with E-state index in [2.05, 4.69) is 40.4 Å². The van der Waals surface area contributed by atoms with Crippen molar-refractivity contribution in [3.63, 3.8) is 0 Å². The highest BCUT2D eigenvalue weighted by molar-refractivity contribution is 7.91. The highest BCUT2D eigenvalue weighted by atomic mass is 32.2. The van der Waals surface area contributed by atoms with Gasteiger partial charge in [0.1, 0.15) is 35.1 Å². The number of rotatable bonds is 18. The maximum absolute atomic E-state index is 14.8. The van der Waals surface area contributed by atoms with E-state index in [1.165, 1.54) is 11.0 Å². The largest absolute Gasteiger partial charge is 0.492 e. The Balaban J connectivity index is 1.47. The zero-order valence-electron chi connectivity index (χ0n) is 33.3. The number of benzene rings is 1. The van der Waals surface area contributed by atoms with Gasteiger partial charge < -0.3 is 29.7 Å². The van der Waals surface area contributed by atoms with Crippen molar-refractivity contribution in [2.24, 2.45) is 17.8 Å². The third-order valence-electron chi connectivity index (χ3n) is 10.5. The van der Waals surface area contributed by atoms with E-state index in [9.17, 15) is 27.6 Å². The first-order chi connectivity index (χ1) is 26.4. The van der Waals surface area contributed by atoms with Gasteiger partial charge in [-0.2, -0.15) is 0 Å². The van der Waals surface area contributed by atoms with Gasteiger partial charge in [0.2, 0.25) is 27.7 Å². The number of amides is 4. The molecule has 0 radical (unpaired) electrons. The molecule has 2 aromatic rings. The summed E-state index contributed by atoms with van der Waals surface area (Å²) in [4.78, 5) is 62.0. The molecule has 56 heavy (non-hydrogen) atoms. The molecule has 5 rings (SSSR count). The van der Waals surface area contributed by atoms with E-state index >= 15 is 0 Å². The summed E-state index contributed by atoms with van der Waals surface area (Å²) < 4.78 is 45.5. The zero-order valence-corrected chi connectivity index (χ0v) is 34.2. The second-order valence-electron chi connectivity index (χ2n) is 16.4. The van der Waals surface area contributed by atoms with Crippen molar-refractivity contribution >= 4 is 44.6 Å². The molecule has 4 amide bonds. The van der Waals surface area contributed by atoms with Crippen molar-refractivity contribution in [2.75, 3.05) is 13.2 Å². The molecular formula is C41H57N5O9S. The van der Waals surface area contributed by atoms with Crippen LogP contribution >= 0.6 is 0 Å². The number of hydrogen-bond acceptors (Lipinski definition) is 10. The van der Waals surface area contributed by atoms with Gasteiger partial charge in [-0.05, 0) is 84.1 Å². The molecule has 1 aromatic heterocycles. The number of hydrogen-bond donors (Lipinski definition) is 3.